The molecule has 0 saturated heterocycles. The lowest BCUT2D eigenvalue weighted by Crippen LogP contribution is -2.04. The SMILES string of the molecule is CCOC(=O)c1nnc(Nc2nc3cc(C)ccc3o2)o1. The van der Waals surface area contributed by atoms with Gasteiger partial charge in [0.05, 0.1) is 6.61 Å². The average molecular weight is 288 g/mol. The molecule has 1 aromatic carbocycles. The van der Waals surface area contributed by atoms with E-state index in [9.17, 15) is 4.79 Å². The number of nitrogens with zero attached hydrogens (tertiary/aromatic N) is 3. The number of fused-ring (bicyclic) bond motifs is 1. The van der Waals surface area contributed by atoms with Crippen LogP contribution in [-0.4, -0.2) is 27.8 Å². The first-order valence-corrected chi connectivity index (χ1v) is 6.30. The summed E-state index contributed by atoms with van der Waals surface area (Å²) in [4.78, 5) is 15.6. The number of hydrogen-bond acceptors (Lipinski definition) is 8. The largest absolute Gasteiger partial charge is 0.459 e. The monoisotopic (exact) mass is 288 g/mol. The Balaban J connectivity index is 1.80. The molecule has 0 amide bonds. The molecule has 0 spiro atoms. The van der Waals surface area contributed by atoms with Crippen LogP contribution in [0.25, 0.3) is 11.1 Å². The van der Waals surface area contributed by atoms with Gasteiger partial charge < -0.3 is 13.6 Å². The van der Waals surface area contributed by atoms with E-state index < -0.39 is 5.97 Å². The number of nitrogens with one attached hydrogen (secondary N) is 1. The summed E-state index contributed by atoms with van der Waals surface area (Å²) in [5, 5.41) is 9.95. The van der Waals surface area contributed by atoms with Crippen LogP contribution >= 0.6 is 0 Å². The lowest BCUT2D eigenvalue weighted by Gasteiger charge is -1.94. The smallest absolute Gasteiger partial charge is 0.396 e. The van der Waals surface area contributed by atoms with E-state index in [4.69, 9.17) is 13.6 Å². The second-order valence-electron chi connectivity index (χ2n) is 4.25. The van der Waals surface area contributed by atoms with Crippen LogP contribution in [0.3, 0.4) is 0 Å². The zero-order chi connectivity index (χ0) is 14.8. The fourth-order valence-electron chi connectivity index (χ4n) is 1.73. The number of oxazole rings is 1. The van der Waals surface area contributed by atoms with Crippen LogP contribution in [0.2, 0.25) is 0 Å². The normalized spacial score (nSPS) is 10.8. The number of aromatic nitrogens is 3. The standard InChI is InChI=1S/C13H12N4O4/c1-3-19-11(18)10-16-17-13(21-10)15-12-14-8-6-7(2)4-5-9(8)20-12/h4-6H,3H2,1-2H3,(H,14,15,17). The molecule has 8 heteroatoms. The van der Waals surface area contributed by atoms with Gasteiger partial charge in [-0.05, 0) is 31.5 Å². The second kappa shape index (κ2) is 5.23. The zero-order valence-corrected chi connectivity index (χ0v) is 11.4. The molecular formula is C13H12N4O4. The minimum absolute atomic E-state index is 0.00123. The zero-order valence-electron chi connectivity index (χ0n) is 11.4. The van der Waals surface area contributed by atoms with Crippen molar-refractivity contribution in [3.63, 3.8) is 0 Å². The van der Waals surface area contributed by atoms with Crippen LogP contribution in [0.1, 0.15) is 23.2 Å². The van der Waals surface area contributed by atoms with E-state index >= 15 is 0 Å². The molecule has 0 aliphatic carbocycles. The Kier molecular flexibility index (Phi) is 3.27. The van der Waals surface area contributed by atoms with Gasteiger partial charge in [-0.2, -0.15) is 4.98 Å². The number of ether oxygens (including phenoxy) is 1. The Morgan fingerprint density at radius 2 is 2.14 bits per heavy atom. The molecule has 0 aliphatic rings. The van der Waals surface area contributed by atoms with Gasteiger partial charge in [-0.25, -0.2) is 4.79 Å². The van der Waals surface area contributed by atoms with Crippen molar-refractivity contribution in [1.82, 2.24) is 15.2 Å². The van der Waals surface area contributed by atoms with E-state index in [1.165, 1.54) is 0 Å². The number of anilines is 2. The van der Waals surface area contributed by atoms with E-state index in [-0.39, 0.29) is 24.5 Å². The van der Waals surface area contributed by atoms with Gasteiger partial charge in [0.25, 0.3) is 0 Å². The molecule has 0 aliphatic heterocycles. The first-order valence-electron chi connectivity index (χ1n) is 6.30. The Morgan fingerprint density at radius 1 is 1.29 bits per heavy atom. The Bertz CT molecular complexity index is 792. The topological polar surface area (TPSA) is 103 Å². The molecule has 21 heavy (non-hydrogen) atoms. The molecule has 0 bridgehead atoms. The highest BCUT2D eigenvalue weighted by atomic mass is 16.5. The molecule has 0 saturated carbocycles. The van der Waals surface area contributed by atoms with Crippen molar-refractivity contribution in [2.45, 2.75) is 13.8 Å². The summed E-state index contributed by atoms with van der Waals surface area (Å²) >= 11 is 0. The summed E-state index contributed by atoms with van der Waals surface area (Å²) in [7, 11) is 0. The molecule has 2 aromatic heterocycles. The molecule has 8 nitrogen and oxygen atoms in total. The van der Waals surface area contributed by atoms with Crippen LogP contribution in [0.5, 0.6) is 0 Å². The van der Waals surface area contributed by atoms with Gasteiger partial charge in [0.15, 0.2) is 5.58 Å². The first-order chi connectivity index (χ1) is 10.2. The van der Waals surface area contributed by atoms with Crippen LogP contribution in [0.4, 0.5) is 12.0 Å². The number of carbonyl (C=O) groups excluding carboxylic acids is 1. The maximum atomic E-state index is 11.4. The van der Waals surface area contributed by atoms with Gasteiger partial charge in [-0.1, -0.05) is 16.3 Å². The van der Waals surface area contributed by atoms with Gasteiger partial charge >= 0.3 is 23.9 Å². The van der Waals surface area contributed by atoms with Crippen LogP contribution in [0, 0.1) is 6.92 Å². The number of aryl methyl sites for hydroxylation is 1. The second-order valence-corrected chi connectivity index (χ2v) is 4.25. The number of carbonyl (C=O) groups is 1. The predicted octanol–water partition coefficient (Wildman–Crippen LogP) is 2.44. The number of benzene rings is 1. The van der Waals surface area contributed by atoms with Crippen molar-refractivity contribution in [2.75, 3.05) is 11.9 Å². The van der Waals surface area contributed by atoms with Crippen molar-refractivity contribution in [2.24, 2.45) is 0 Å². The maximum Gasteiger partial charge on any atom is 0.396 e. The highest BCUT2D eigenvalue weighted by molar-refractivity contribution is 5.84. The maximum absolute atomic E-state index is 11.4. The summed E-state index contributed by atoms with van der Waals surface area (Å²) in [6.07, 6.45) is 0. The molecular weight excluding hydrogens is 276 g/mol. The third kappa shape index (κ3) is 2.69. The number of hydrogen-bond donors (Lipinski definition) is 1. The van der Waals surface area contributed by atoms with E-state index in [1.807, 2.05) is 25.1 Å². The minimum Gasteiger partial charge on any atom is -0.459 e. The third-order valence-corrected chi connectivity index (χ3v) is 2.63. The summed E-state index contributed by atoms with van der Waals surface area (Å²) < 4.78 is 15.3. The predicted molar refractivity (Wildman–Crippen MR) is 72.3 cm³/mol. The van der Waals surface area contributed by atoms with Gasteiger partial charge in [-0.3, -0.25) is 5.32 Å². The third-order valence-electron chi connectivity index (χ3n) is 2.63. The van der Waals surface area contributed by atoms with Crippen LogP contribution in [0.15, 0.2) is 27.0 Å². The number of rotatable bonds is 4. The minimum atomic E-state index is -0.675. The van der Waals surface area contributed by atoms with Crippen molar-refractivity contribution < 1.29 is 18.4 Å². The summed E-state index contributed by atoms with van der Waals surface area (Å²) in [5.41, 5.74) is 2.42. The summed E-state index contributed by atoms with van der Waals surface area (Å²) in [6, 6.07) is 5.84. The Labute approximate surface area is 119 Å². The fourth-order valence-corrected chi connectivity index (χ4v) is 1.73. The van der Waals surface area contributed by atoms with Crippen molar-refractivity contribution in [3.05, 3.63) is 29.7 Å². The van der Waals surface area contributed by atoms with Gasteiger partial charge in [0.1, 0.15) is 5.52 Å². The van der Waals surface area contributed by atoms with E-state index in [0.717, 1.165) is 5.56 Å². The highest BCUT2D eigenvalue weighted by Crippen LogP contribution is 2.22. The Hall–Kier alpha value is -2.90. The average Bonchev–Trinajstić information content (AvgIpc) is 3.05. The van der Waals surface area contributed by atoms with Gasteiger partial charge in [0, 0.05) is 0 Å². The molecule has 2 heterocycles. The van der Waals surface area contributed by atoms with Crippen molar-refractivity contribution >= 4 is 29.1 Å². The molecule has 0 radical (unpaired) electrons. The quantitative estimate of drug-likeness (QED) is 0.730. The van der Waals surface area contributed by atoms with E-state index in [1.54, 1.807) is 6.92 Å². The summed E-state index contributed by atoms with van der Waals surface area (Å²) in [6.45, 7) is 3.88. The fraction of sp³-hybridized carbons (Fsp3) is 0.231. The molecule has 0 fully saturated rings. The molecule has 108 valence electrons. The Morgan fingerprint density at radius 3 is 2.95 bits per heavy atom. The molecule has 0 atom stereocenters. The number of esters is 1. The molecule has 1 N–H and O–H groups in total. The van der Waals surface area contributed by atoms with Crippen LogP contribution in [-0.2, 0) is 4.74 Å². The van der Waals surface area contributed by atoms with Crippen molar-refractivity contribution in [1.29, 1.82) is 0 Å². The van der Waals surface area contributed by atoms with Gasteiger partial charge in [-0.15, -0.1) is 0 Å². The molecule has 0 unspecified atom stereocenters. The van der Waals surface area contributed by atoms with Crippen molar-refractivity contribution in [3.8, 4) is 0 Å². The lowest BCUT2D eigenvalue weighted by atomic mass is 10.2. The summed E-state index contributed by atoms with van der Waals surface area (Å²) in [5.74, 6) is -0.905. The molecule has 3 rings (SSSR count). The van der Waals surface area contributed by atoms with Crippen LogP contribution < -0.4 is 5.32 Å². The molecule has 3 aromatic rings. The first kappa shape index (κ1) is 13.1. The highest BCUT2D eigenvalue weighted by Gasteiger charge is 2.17. The van der Waals surface area contributed by atoms with Gasteiger partial charge in [0.2, 0.25) is 0 Å². The lowest BCUT2D eigenvalue weighted by molar-refractivity contribution is 0.0481. The van der Waals surface area contributed by atoms with E-state index in [2.05, 4.69) is 20.5 Å². The van der Waals surface area contributed by atoms with E-state index in [0.29, 0.717) is 11.1 Å².